The van der Waals surface area contributed by atoms with Crippen LogP contribution in [-0.2, 0) is 0 Å². The minimum Gasteiger partial charge on any atom is -0.312 e. The topological polar surface area (TPSA) is 35.8 Å². The van der Waals surface area contributed by atoms with Crippen molar-refractivity contribution in [2.75, 3.05) is 6.54 Å². The molecule has 2 nitrogen and oxygen atoms in total. The summed E-state index contributed by atoms with van der Waals surface area (Å²) in [5, 5.41) is 12.3. The molecule has 1 saturated carbocycles. The quantitative estimate of drug-likeness (QED) is 0.885. The maximum Gasteiger partial charge on any atom is 0.126 e. The van der Waals surface area contributed by atoms with Gasteiger partial charge in [-0.1, -0.05) is 18.2 Å². The van der Waals surface area contributed by atoms with Gasteiger partial charge >= 0.3 is 0 Å². The Kier molecular flexibility index (Phi) is 3.68. The van der Waals surface area contributed by atoms with Crippen molar-refractivity contribution in [3.05, 3.63) is 35.6 Å². The van der Waals surface area contributed by atoms with Gasteiger partial charge in [-0.25, -0.2) is 4.39 Å². The van der Waals surface area contributed by atoms with E-state index < -0.39 is 0 Å². The summed E-state index contributed by atoms with van der Waals surface area (Å²) in [5.41, 5.74) is 0.499. The predicted octanol–water partition coefficient (Wildman–Crippen LogP) is 3.21. The zero-order valence-corrected chi connectivity index (χ0v) is 10.9. The van der Waals surface area contributed by atoms with Gasteiger partial charge in [-0.3, -0.25) is 0 Å². The second kappa shape index (κ2) is 5.07. The van der Waals surface area contributed by atoms with Crippen LogP contribution >= 0.6 is 0 Å². The van der Waals surface area contributed by atoms with E-state index in [4.69, 9.17) is 5.26 Å². The van der Waals surface area contributed by atoms with Crippen LogP contribution in [0.2, 0.25) is 0 Å². The van der Waals surface area contributed by atoms with Gasteiger partial charge < -0.3 is 5.32 Å². The highest BCUT2D eigenvalue weighted by atomic mass is 19.1. The van der Waals surface area contributed by atoms with Crippen molar-refractivity contribution in [3.8, 4) is 6.07 Å². The van der Waals surface area contributed by atoms with E-state index in [1.165, 1.54) is 6.07 Å². The molecule has 1 aromatic rings. The van der Waals surface area contributed by atoms with Gasteiger partial charge in [0.15, 0.2) is 0 Å². The lowest BCUT2D eigenvalue weighted by atomic mass is 9.75. The number of hydrogen-bond donors (Lipinski definition) is 1. The molecule has 0 bridgehead atoms. The lowest BCUT2D eigenvalue weighted by molar-refractivity contribution is 0.263. The molecule has 0 aliphatic heterocycles. The van der Waals surface area contributed by atoms with Crippen molar-refractivity contribution >= 4 is 0 Å². The van der Waals surface area contributed by atoms with Crippen LogP contribution in [0.15, 0.2) is 24.3 Å². The number of benzene rings is 1. The standard InChI is InChI=1S/C15H19FN2/c1-15(2,9-17)10-18-12-7-11(8-12)13-5-3-4-6-14(13)16/h3-6,11-12,18H,7-8,10H2,1-2H3. The summed E-state index contributed by atoms with van der Waals surface area (Å²) in [6.45, 7) is 4.54. The molecule has 0 aromatic heterocycles. The highest BCUT2D eigenvalue weighted by Crippen LogP contribution is 2.38. The molecule has 1 aliphatic rings. The van der Waals surface area contributed by atoms with Gasteiger partial charge in [0.1, 0.15) is 5.82 Å². The molecule has 3 heteroatoms. The third-order valence-electron chi connectivity index (χ3n) is 3.62. The van der Waals surface area contributed by atoms with E-state index in [0.717, 1.165) is 18.4 Å². The number of nitrogens with one attached hydrogen (secondary N) is 1. The molecule has 1 aliphatic carbocycles. The molecular formula is C15H19FN2. The van der Waals surface area contributed by atoms with Crippen molar-refractivity contribution in [1.29, 1.82) is 5.26 Å². The zero-order valence-electron chi connectivity index (χ0n) is 10.9. The van der Waals surface area contributed by atoms with Crippen LogP contribution in [0.1, 0.15) is 38.2 Å². The van der Waals surface area contributed by atoms with E-state index in [1.807, 2.05) is 26.0 Å². The molecule has 1 N–H and O–H groups in total. The predicted molar refractivity (Wildman–Crippen MR) is 69.6 cm³/mol. The smallest absolute Gasteiger partial charge is 0.126 e. The summed E-state index contributed by atoms with van der Waals surface area (Å²) in [4.78, 5) is 0. The molecule has 96 valence electrons. The first-order valence-corrected chi connectivity index (χ1v) is 6.41. The molecule has 0 heterocycles. The normalized spacial score (nSPS) is 23.2. The fraction of sp³-hybridized carbons (Fsp3) is 0.533. The molecular weight excluding hydrogens is 227 g/mol. The van der Waals surface area contributed by atoms with E-state index in [2.05, 4.69) is 11.4 Å². The second-order valence-electron chi connectivity index (χ2n) is 5.76. The Morgan fingerprint density at radius 1 is 1.39 bits per heavy atom. The first-order valence-electron chi connectivity index (χ1n) is 6.41. The van der Waals surface area contributed by atoms with Crippen molar-refractivity contribution in [2.45, 2.75) is 38.6 Å². The summed E-state index contributed by atoms with van der Waals surface area (Å²) in [6, 6.07) is 9.70. The van der Waals surface area contributed by atoms with Crippen LogP contribution < -0.4 is 5.32 Å². The molecule has 0 atom stereocenters. The lowest BCUT2D eigenvalue weighted by Crippen LogP contribution is -2.44. The van der Waals surface area contributed by atoms with Crippen molar-refractivity contribution in [2.24, 2.45) is 5.41 Å². The summed E-state index contributed by atoms with van der Waals surface area (Å²) in [6.07, 6.45) is 1.92. The highest BCUT2D eigenvalue weighted by molar-refractivity contribution is 5.24. The largest absolute Gasteiger partial charge is 0.312 e. The first kappa shape index (κ1) is 13.0. The average Bonchev–Trinajstić information content (AvgIpc) is 2.29. The monoisotopic (exact) mass is 246 g/mol. The summed E-state index contributed by atoms with van der Waals surface area (Å²) >= 11 is 0. The Bertz CT molecular complexity index is 456. The maximum absolute atomic E-state index is 13.6. The lowest BCUT2D eigenvalue weighted by Gasteiger charge is -2.37. The molecule has 18 heavy (non-hydrogen) atoms. The molecule has 2 rings (SSSR count). The van der Waals surface area contributed by atoms with Crippen molar-refractivity contribution in [1.82, 2.24) is 5.32 Å². The third-order valence-corrected chi connectivity index (χ3v) is 3.62. The van der Waals surface area contributed by atoms with Crippen LogP contribution in [0, 0.1) is 22.6 Å². The molecule has 0 saturated heterocycles. The van der Waals surface area contributed by atoms with Gasteiger partial charge in [0, 0.05) is 12.6 Å². The Hall–Kier alpha value is -1.40. The van der Waals surface area contributed by atoms with Crippen molar-refractivity contribution < 1.29 is 4.39 Å². The summed E-state index contributed by atoms with van der Waals surface area (Å²) < 4.78 is 13.6. The second-order valence-corrected chi connectivity index (χ2v) is 5.76. The third kappa shape index (κ3) is 2.88. The molecule has 1 aromatic carbocycles. The Labute approximate surface area is 108 Å². The Morgan fingerprint density at radius 2 is 2.06 bits per heavy atom. The molecule has 0 amide bonds. The van der Waals surface area contributed by atoms with Crippen molar-refractivity contribution in [3.63, 3.8) is 0 Å². The van der Waals surface area contributed by atoms with Gasteiger partial charge in [0.25, 0.3) is 0 Å². The molecule has 1 fully saturated rings. The van der Waals surface area contributed by atoms with E-state index in [-0.39, 0.29) is 11.2 Å². The summed E-state index contributed by atoms with van der Waals surface area (Å²) in [7, 11) is 0. The van der Waals surface area contributed by atoms with E-state index >= 15 is 0 Å². The Balaban J connectivity index is 1.82. The number of halogens is 1. The number of nitriles is 1. The minimum atomic E-state index is -0.330. The number of rotatable bonds is 4. The van der Waals surface area contributed by atoms with Crippen LogP contribution in [0.4, 0.5) is 4.39 Å². The number of nitrogens with zero attached hydrogens (tertiary/aromatic N) is 1. The van der Waals surface area contributed by atoms with Gasteiger partial charge in [-0.15, -0.1) is 0 Å². The highest BCUT2D eigenvalue weighted by Gasteiger charge is 2.32. The zero-order chi connectivity index (χ0) is 13.2. The van der Waals surface area contributed by atoms with E-state index in [0.29, 0.717) is 18.5 Å². The SMILES string of the molecule is CC(C)(C#N)CNC1CC(c2ccccc2F)C1. The fourth-order valence-electron chi connectivity index (χ4n) is 2.28. The van der Waals surface area contributed by atoms with Crippen LogP contribution in [-0.4, -0.2) is 12.6 Å². The van der Waals surface area contributed by atoms with E-state index in [9.17, 15) is 4.39 Å². The Morgan fingerprint density at radius 3 is 2.67 bits per heavy atom. The van der Waals surface area contributed by atoms with Gasteiger partial charge in [0.05, 0.1) is 11.5 Å². The van der Waals surface area contributed by atoms with Gasteiger partial charge in [0.2, 0.25) is 0 Å². The van der Waals surface area contributed by atoms with Crippen LogP contribution in [0.3, 0.4) is 0 Å². The molecule has 0 radical (unpaired) electrons. The first-order chi connectivity index (χ1) is 8.52. The minimum absolute atomic E-state index is 0.0988. The molecule has 0 unspecified atom stereocenters. The van der Waals surface area contributed by atoms with Gasteiger partial charge in [-0.05, 0) is 44.2 Å². The van der Waals surface area contributed by atoms with Crippen LogP contribution in [0.25, 0.3) is 0 Å². The fourth-order valence-corrected chi connectivity index (χ4v) is 2.28. The van der Waals surface area contributed by atoms with Gasteiger partial charge in [-0.2, -0.15) is 5.26 Å². The number of hydrogen-bond acceptors (Lipinski definition) is 2. The van der Waals surface area contributed by atoms with E-state index in [1.54, 1.807) is 6.07 Å². The summed E-state index contributed by atoms with van der Waals surface area (Å²) in [5.74, 6) is 0.229. The average molecular weight is 246 g/mol. The van der Waals surface area contributed by atoms with Crippen LogP contribution in [0.5, 0.6) is 0 Å². The molecule has 0 spiro atoms. The maximum atomic E-state index is 13.6.